The van der Waals surface area contributed by atoms with E-state index in [1.807, 2.05) is 30.1 Å². The van der Waals surface area contributed by atoms with Gasteiger partial charge >= 0.3 is 0 Å². The molecule has 0 aliphatic carbocycles. The van der Waals surface area contributed by atoms with Crippen LogP contribution in [0.5, 0.6) is 5.75 Å². The van der Waals surface area contributed by atoms with Gasteiger partial charge in [0.25, 0.3) is 0 Å². The van der Waals surface area contributed by atoms with Crippen molar-refractivity contribution >= 4 is 0 Å². The molecular formula is C18H24N4O2. The Morgan fingerprint density at radius 2 is 2.38 bits per heavy atom. The number of aromatic nitrogens is 3. The van der Waals surface area contributed by atoms with Crippen molar-refractivity contribution in [2.24, 2.45) is 7.05 Å². The number of pyridine rings is 1. The third-order valence-corrected chi connectivity index (χ3v) is 4.90. The number of likely N-dealkylation sites (tertiary alicyclic amines) is 1. The van der Waals surface area contributed by atoms with Gasteiger partial charge in [0.05, 0.1) is 24.6 Å². The van der Waals surface area contributed by atoms with E-state index >= 15 is 0 Å². The zero-order chi connectivity index (χ0) is 16.4. The van der Waals surface area contributed by atoms with E-state index in [0.29, 0.717) is 6.61 Å². The number of ether oxygens (including phenoxy) is 2. The average molecular weight is 328 g/mol. The Labute approximate surface area is 142 Å². The van der Waals surface area contributed by atoms with Gasteiger partial charge in [0, 0.05) is 44.5 Å². The van der Waals surface area contributed by atoms with Crippen LogP contribution in [0.2, 0.25) is 0 Å². The number of aryl methyl sites for hydroxylation is 1. The van der Waals surface area contributed by atoms with Crippen LogP contribution in [0.15, 0.2) is 36.9 Å². The third kappa shape index (κ3) is 3.44. The minimum Gasteiger partial charge on any atom is -0.486 e. The fourth-order valence-corrected chi connectivity index (χ4v) is 3.91. The van der Waals surface area contributed by atoms with Crippen LogP contribution < -0.4 is 4.74 Å². The fraction of sp³-hybridized carbons (Fsp3) is 0.556. The number of hydrogen-bond acceptors (Lipinski definition) is 5. The molecule has 24 heavy (non-hydrogen) atoms. The van der Waals surface area contributed by atoms with Crippen LogP contribution in [0, 0.1) is 0 Å². The molecule has 0 aromatic carbocycles. The summed E-state index contributed by atoms with van der Waals surface area (Å²) in [5.74, 6) is 0.825. The number of rotatable bonds is 4. The van der Waals surface area contributed by atoms with Crippen molar-refractivity contribution in [3.05, 3.63) is 42.5 Å². The summed E-state index contributed by atoms with van der Waals surface area (Å²) in [6, 6.07) is 3.85. The molecule has 2 saturated heterocycles. The highest BCUT2D eigenvalue weighted by molar-refractivity contribution is 5.16. The van der Waals surface area contributed by atoms with Crippen molar-refractivity contribution in [2.75, 3.05) is 19.7 Å². The van der Waals surface area contributed by atoms with E-state index in [2.05, 4.69) is 21.2 Å². The summed E-state index contributed by atoms with van der Waals surface area (Å²) in [6.07, 6.45) is 10.9. The van der Waals surface area contributed by atoms with Crippen LogP contribution >= 0.6 is 0 Å². The van der Waals surface area contributed by atoms with Crippen molar-refractivity contribution in [2.45, 2.75) is 37.5 Å². The van der Waals surface area contributed by atoms with E-state index in [0.717, 1.165) is 38.2 Å². The summed E-state index contributed by atoms with van der Waals surface area (Å²) in [6.45, 7) is 3.69. The maximum atomic E-state index is 6.23. The second-order valence-electron chi connectivity index (χ2n) is 6.96. The maximum Gasteiger partial charge on any atom is 0.138 e. The minimum absolute atomic E-state index is 0.0622. The lowest BCUT2D eigenvalue weighted by Gasteiger charge is -2.39. The predicted molar refractivity (Wildman–Crippen MR) is 89.7 cm³/mol. The molecule has 2 atom stereocenters. The highest BCUT2D eigenvalue weighted by Gasteiger charge is 2.44. The van der Waals surface area contributed by atoms with E-state index in [1.54, 1.807) is 12.4 Å². The first-order valence-electron chi connectivity index (χ1n) is 8.61. The first-order chi connectivity index (χ1) is 11.7. The molecule has 2 unspecified atom stereocenters. The molecule has 0 amide bonds. The number of hydrogen-bond donors (Lipinski definition) is 0. The predicted octanol–water partition coefficient (Wildman–Crippen LogP) is 2.02. The molecule has 1 spiro atoms. The first-order valence-corrected chi connectivity index (χ1v) is 8.61. The minimum atomic E-state index is -0.0622. The van der Waals surface area contributed by atoms with Gasteiger partial charge in [0.1, 0.15) is 11.9 Å². The summed E-state index contributed by atoms with van der Waals surface area (Å²) in [5.41, 5.74) is 1.20. The summed E-state index contributed by atoms with van der Waals surface area (Å²) in [7, 11) is 1.96. The zero-order valence-corrected chi connectivity index (χ0v) is 14.1. The monoisotopic (exact) mass is 328 g/mol. The Morgan fingerprint density at radius 1 is 1.42 bits per heavy atom. The van der Waals surface area contributed by atoms with Gasteiger partial charge in [0.2, 0.25) is 0 Å². The Morgan fingerprint density at radius 3 is 3.17 bits per heavy atom. The Bertz CT molecular complexity index is 675. The number of piperidine rings is 1. The van der Waals surface area contributed by atoms with Crippen LogP contribution in [0.4, 0.5) is 0 Å². The Hall–Kier alpha value is -1.92. The lowest BCUT2D eigenvalue weighted by atomic mass is 9.89. The smallest absolute Gasteiger partial charge is 0.138 e. The lowest BCUT2D eigenvalue weighted by Crippen LogP contribution is -2.47. The van der Waals surface area contributed by atoms with Gasteiger partial charge in [-0.1, -0.05) is 0 Å². The van der Waals surface area contributed by atoms with E-state index in [4.69, 9.17) is 9.47 Å². The highest BCUT2D eigenvalue weighted by Crippen LogP contribution is 2.36. The molecule has 0 radical (unpaired) electrons. The molecule has 6 heteroatoms. The van der Waals surface area contributed by atoms with Crippen molar-refractivity contribution in [1.82, 2.24) is 19.7 Å². The topological polar surface area (TPSA) is 52.4 Å². The van der Waals surface area contributed by atoms with Gasteiger partial charge in [-0.05, 0) is 31.5 Å². The van der Waals surface area contributed by atoms with Crippen molar-refractivity contribution in [1.29, 1.82) is 0 Å². The van der Waals surface area contributed by atoms with Crippen molar-refractivity contribution in [3.63, 3.8) is 0 Å². The molecule has 2 aromatic rings. The largest absolute Gasteiger partial charge is 0.486 e. The van der Waals surface area contributed by atoms with Crippen LogP contribution in [0.3, 0.4) is 0 Å². The molecule has 4 heterocycles. The molecule has 2 fully saturated rings. The van der Waals surface area contributed by atoms with Crippen LogP contribution in [-0.2, 0) is 18.3 Å². The van der Waals surface area contributed by atoms with E-state index in [1.165, 1.54) is 12.0 Å². The zero-order valence-electron chi connectivity index (χ0n) is 14.1. The summed E-state index contributed by atoms with van der Waals surface area (Å²) < 4.78 is 14.1. The van der Waals surface area contributed by atoms with E-state index < -0.39 is 0 Å². The molecule has 2 aliphatic heterocycles. The lowest BCUT2D eigenvalue weighted by molar-refractivity contribution is -0.0538. The summed E-state index contributed by atoms with van der Waals surface area (Å²) >= 11 is 0. The standard InChI is InChI=1S/C18H24N4O2/c1-21-11-15(9-20-21)12-22-7-3-5-18(14-22)8-17(13-23-18)24-16-4-2-6-19-10-16/h2,4,6,9-11,17H,3,5,7-8,12-14H2,1H3. The molecule has 0 saturated carbocycles. The van der Waals surface area contributed by atoms with Crippen LogP contribution in [0.25, 0.3) is 0 Å². The highest BCUT2D eigenvalue weighted by atomic mass is 16.6. The first kappa shape index (κ1) is 15.6. The van der Waals surface area contributed by atoms with Gasteiger partial charge < -0.3 is 9.47 Å². The second-order valence-corrected chi connectivity index (χ2v) is 6.96. The molecule has 0 bridgehead atoms. The maximum absolute atomic E-state index is 6.23. The third-order valence-electron chi connectivity index (χ3n) is 4.90. The molecule has 128 valence electrons. The van der Waals surface area contributed by atoms with Gasteiger partial charge in [-0.2, -0.15) is 5.10 Å². The fourth-order valence-electron chi connectivity index (χ4n) is 3.91. The summed E-state index contributed by atoms with van der Waals surface area (Å²) in [5, 5.41) is 4.26. The van der Waals surface area contributed by atoms with E-state index in [9.17, 15) is 0 Å². The van der Waals surface area contributed by atoms with Crippen molar-refractivity contribution in [3.8, 4) is 5.75 Å². The summed E-state index contributed by atoms with van der Waals surface area (Å²) in [4.78, 5) is 6.59. The normalized spacial score (nSPS) is 27.6. The Balaban J connectivity index is 1.36. The quantitative estimate of drug-likeness (QED) is 0.859. The molecule has 2 aromatic heterocycles. The van der Waals surface area contributed by atoms with Gasteiger partial charge in [0.15, 0.2) is 0 Å². The second kappa shape index (κ2) is 6.53. The molecule has 6 nitrogen and oxygen atoms in total. The van der Waals surface area contributed by atoms with E-state index in [-0.39, 0.29) is 11.7 Å². The van der Waals surface area contributed by atoms with Crippen molar-refractivity contribution < 1.29 is 9.47 Å². The van der Waals surface area contributed by atoms with Crippen LogP contribution in [0.1, 0.15) is 24.8 Å². The number of nitrogens with zero attached hydrogens (tertiary/aromatic N) is 4. The van der Waals surface area contributed by atoms with Gasteiger partial charge in [-0.15, -0.1) is 0 Å². The average Bonchev–Trinajstić information content (AvgIpc) is 3.15. The van der Waals surface area contributed by atoms with Gasteiger partial charge in [-0.25, -0.2) is 0 Å². The molecule has 0 N–H and O–H groups in total. The molecule has 4 rings (SSSR count). The van der Waals surface area contributed by atoms with Gasteiger partial charge in [-0.3, -0.25) is 14.6 Å². The SMILES string of the molecule is Cn1cc(CN2CCCC3(CC(Oc4cccnc4)CO3)C2)cn1. The molecule has 2 aliphatic rings. The molecular weight excluding hydrogens is 304 g/mol. The van der Waals surface area contributed by atoms with Crippen LogP contribution in [-0.4, -0.2) is 51.1 Å². The Kier molecular flexibility index (Phi) is 4.24.